The molecule has 26 heavy (non-hydrogen) atoms. The van der Waals surface area contributed by atoms with Gasteiger partial charge >= 0.3 is 0 Å². The minimum atomic E-state index is 0.0885. The van der Waals surface area contributed by atoms with Crippen molar-refractivity contribution in [1.82, 2.24) is 14.9 Å². The van der Waals surface area contributed by atoms with E-state index in [1.807, 2.05) is 49.2 Å². The zero-order valence-electron chi connectivity index (χ0n) is 15.9. The molecule has 0 N–H and O–H groups in total. The zero-order valence-corrected chi connectivity index (χ0v) is 15.9. The summed E-state index contributed by atoms with van der Waals surface area (Å²) >= 11 is 0. The third-order valence-corrected chi connectivity index (χ3v) is 4.88. The van der Waals surface area contributed by atoms with E-state index in [2.05, 4.69) is 16.9 Å². The second kappa shape index (κ2) is 8.41. The lowest BCUT2D eigenvalue weighted by Crippen LogP contribution is -2.40. The van der Waals surface area contributed by atoms with E-state index >= 15 is 0 Å². The third-order valence-electron chi connectivity index (χ3n) is 4.88. The average molecular weight is 353 g/mol. The molecule has 138 valence electrons. The van der Waals surface area contributed by atoms with E-state index in [1.165, 1.54) is 0 Å². The first-order chi connectivity index (χ1) is 12.6. The average Bonchev–Trinajstić information content (AvgIpc) is 2.68. The Morgan fingerprint density at radius 3 is 2.73 bits per heavy atom. The van der Waals surface area contributed by atoms with Crippen molar-refractivity contribution in [2.45, 2.75) is 46.1 Å². The molecule has 5 heteroatoms. The first-order valence-electron chi connectivity index (χ1n) is 9.46. The Bertz CT molecular complexity index is 768. The highest BCUT2D eigenvalue weighted by Crippen LogP contribution is 2.24. The minimum Gasteiger partial charge on any atom is -0.378 e. The Kier molecular flexibility index (Phi) is 5.99. The van der Waals surface area contributed by atoms with Crippen LogP contribution in [-0.4, -0.2) is 46.6 Å². The summed E-state index contributed by atoms with van der Waals surface area (Å²) < 4.78 is 5.68. The predicted octanol–water partition coefficient (Wildman–Crippen LogP) is 3.66. The lowest BCUT2D eigenvalue weighted by molar-refractivity contribution is 0.0146. The van der Waals surface area contributed by atoms with Crippen molar-refractivity contribution in [3.8, 4) is 11.3 Å². The Hall–Kier alpha value is -2.27. The SMILES string of the molecule is CCOC1CCN(C(=O)c2cccc(-c3nc(C)ncc3CC)c2)CC1. The van der Waals surface area contributed by atoms with Gasteiger partial charge in [0.05, 0.1) is 11.8 Å². The Morgan fingerprint density at radius 2 is 2.04 bits per heavy atom. The van der Waals surface area contributed by atoms with Gasteiger partial charge in [0, 0.05) is 37.0 Å². The van der Waals surface area contributed by atoms with Gasteiger partial charge in [0.25, 0.3) is 5.91 Å². The number of aromatic nitrogens is 2. The van der Waals surface area contributed by atoms with E-state index in [-0.39, 0.29) is 12.0 Å². The monoisotopic (exact) mass is 353 g/mol. The maximum atomic E-state index is 12.9. The Labute approximate surface area is 155 Å². The number of hydrogen-bond acceptors (Lipinski definition) is 4. The molecular formula is C21H27N3O2. The van der Waals surface area contributed by atoms with Gasteiger partial charge in [-0.05, 0) is 50.8 Å². The van der Waals surface area contributed by atoms with Gasteiger partial charge in [-0.15, -0.1) is 0 Å². The number of ether oxygens (including phenoxy) is 1. The topological polar surface area (TPSA) is 55.3 Å². The number of hydrogen-bond donors (Lipinski definition) is 0. The first-order valence-corrected chi connectivity index (χ1v) is 9.46. The van der Waals surface area contributed by atoms with E-state index in [0.29, 0.717) is 0 Å². The van der Waals surface area contributed by atoms with Gasteiger partial charge in [-0.2, -0.15) is 0 Å². The second-order valence-corrected chi connectivity index (χ2v) is 6.67. The highest BCUT2D eigenvalue weighted by Gasteiger charge is 2.24. The van der Waals surface area contributed by atoms with Crippen molar-refractivity contribution >= 4 is 5.91 Å². The highest BCUT2D eigenvalue weighted by molar-refractivity contribution is 5.95. The van der Waals surface area contributed by atoms with E-state index in [1.54, 1.807) is 0 Å². The molecule has 1 aromatic heterocycles. The molecule has 1 saturated heterocycles. The van der Waals surface area contributed by atoms with Crippen LogP contribution in [0, 0.1) is 6.92 Å². The van der Waals surface area contributed by atoms with Gasteiger partial charge < -0.3 is 9.64 Å². The van der Waals surface area contributed by atoms with Gasteiger partial charge in [0.2, 0.25) is 0 Å². The highest BCUT2D eigenvalue weighted by atomic mass is 16.5. The number of rotatable bonds is 5. The molecule has 1 aliphatic heterocycles. The van der Waals surface area contributed by atoms with Gasteiger partial charge in [0.15, 0.2) is 0 Å². The second-order valence-electron chi connectivity index (χ2n) is 6.67. The fourth-order valence-electron chi connectivity index (χ4n) is 3.45. The third kappa shape index (κ3) is 4.10. The van der Waals surface area contributed by atoms with E-state index in [4.69, 9.17) is 4.74 Å². The minimum absolute atomic E-state index is 0.0885. The van der Waals surface area contributed by atoms with Gasteiger partial charge in [0.1, 0.15) is 5.82 Å². The molecule has 0 atom stereocenters. The standard InChI is InChI=1S/C21H27N3O2/c1-4-16-14-22-15(3)23-20(16)17-7-6-8-18(13-17)21(25)24-11-9-19(10-12-24)26-5-2/h6-8,13-14,19H,4-5,9-12H2,1-3H3. The summed E-state index contributed by atoms with van der Waals surface area (Å²) in [6.45, 7) is 8.23. The molecule has 0 saturated carbocycles. The smallest absolute Gasteiger partial charge is 0.253 e. The molecule has 5 nitrogen and oxygen atoms in total. The number of piperidine rings is 1. The van der Waals surface area contributed by atoms with Crippen LogP contribution in [0.1, 0.15) is 48.4 Å². The van der Waals surface area contributed by atoms with Crippen LogP contribution >= 0.6 is 0 Å². The molecule has 2 heterocycles. The van der Waals surface area contributed by atoms with Crippen molar-refractivity contribution in [3.63, 3.8) is 0 Å². The summed E-state index contributed by atoms with van der Waals surface area (Å²) in [7, 11) is 0. The van der Waals surface area contributed by atoms with Crippen LogP contribution in [-0.2, 0) is 11.2 Å². The van der Waals surface area contributed by atoms with Crippen molar-refractivity contribution < 1.29 is 9.53 Å². The maximum absolute atomic E-state index is 12.9. The van der Waals surface area contributed by atoms with Gasteiger partial charge in [-0.3, -0.25) is 4.79 Å². The molecule has 1 amide bonds. The molecule has 0 radical (unpaired) electrons. The Balaban J connectivity index is 1.80. The number of carbonyl (C=O) groups excluding carboxylic acids is 1. The first kappa shape index (κ1) is 18.5. The van der Waals surface area contributed by atoms with Crippen LogP contribution in [0.15, 0.2) is 30.5 Å². The van der Waals surface area contributed by atoms with Crippen LogP contribution in [0.3, 0.4) is 0 Å². The normalized spacial score (nSPS) is 15.3. The molecule has 0 aliphatic carbocycles. The quantitative estimate of drug-likeness (QED) is 0.823. The number of likely N-dealkylation sites (tertiary alicyclic amines) is 1. The van der Waals surface area contributed by atoms with Gasteiger partial charge in [-0.1, -0.05) is 19.1 Å². The maximum Gasteiger partial charge on any atom is 0.253 e. The molecule has 1 aromatic carbocycles. The summed E-state index contributed by atoms with van der Waals surface area (Å²) in [5.74, 6) is 0.831. The molecule has 1 fully saturated rings. The summed E-state index contributed by atoms with van der Waals surface area (Å²) in [5, 5.41) is 0. The molecule has 2 aromatic rings. The molecule has 1 aliphatic rings. The van der Waals surface area contributed by atoms with Crippen molar-refractivity contribution in [1.29, 1.82) is 0 Å². The summed E-state index contributed by atoms with van der Waals surface area (Å²) in [6.07, 6.45) is 4.84. The molecule has 0 bridgehead atoms. The molecule has 3 rings (SSSR count). The summed E-state index contributed by atoms with van der Waals surface area (Å²) in [4.78, 5) is 23.7. The van der Waals surface area contributed by atoms with E-state index < -0.39 is 0 Å². The Morgan fingerprint density at radius 1 is 1.27 bits per heavy atom. The van der Waals surface area contributed by atoms with Crippen LogP contribution in [0.2, 0.25) is 0 Å². The number of nitrogens with zero attached hydrogens (tertiary/aromatic N) is 3. The predicted molar refractivity (Wildman–Crippen MR) is 102 cm³/mol. The van der Waals surface area contributed by atoms with Crippen molar-refractivity contribution in [2.75, 3.05) is 19.7 Å². The number of amides is 1. The van der Waals surface area contributed by atoms with Gasteiger partial charge in [-0.25, -0.2) is 9.97 Å². The summed E-state index contributed by atoms with van der Waals surface area (Å²) in [5.41, 5.74) is 3.71. The van der Waals surface area contributed by atoms with Crippen LogP contribution in [0.5, 0.6) is 0 Å². The number of benzene rings is 1. The molecular weight excluding hydrogens is 326 g/mol. The lowest BCUT2D eigenvalue weighted by atomic mass is 10.0. The van der Waals surface area contributed by atoms with Crippen molar-refractivity contribution in [3.05, 3.63) is 47.4 Å². The van der Waals surface area contributed by atoms with Crippen LogP contribution < -0.4 is 0 Å². The van der Waals surface area contributed by atoms with Crippen LogP contribution in [0.4, 0.5) is 0 Å². The van der Waals surface area contributed by atoms with E-state index in [9.17, 15) is 4.79 Å². The lowest BCUT2D eigenvalue weighted by Gasteiger charge is -2.31. The van der Waals surface area contributed by atoms with Crippen molar-refractivity contribution in [2.24, 2.45) is 0 Å². The van der Waals surface area contributed by atoms with Crippen LogP contribution in [0.25, 0.3) is 11.3 Å². The fourth-order valence-corrected chi connectivity index (χ4v) is 3.45. The largest absolute Gasteiger partial charge is 0.378 e. The zero-order chi connectivity index (χ0) is 18.5. The number of aryl methyl sites for hydroxylation is 2. The molecule has 0 spiro atoms. The fraction of sp³-hybridized carbons (Fsp3) is 0.476. The summed E-state index contributed by atoms with van der Waals surface area (Å²) in [6, 6.07) is 7.80. The number of carbonyl (C=O) groups is 1. The molecule has 0 unspecified atom stereocenters. The van der Waals surface area contributed by atoms with E-state index in [0.717, 1.165) is 67.2 Å².